The lowest BCUT2D eigenvalue weighted by molar-refractivity contribution is -0.136. The zero-order valence-electron chi connectivity index (χ0n) is 24.5. The fourth-order valence-electron chi connectivity index (χ4n) is 4.44. The van der Waals surface area contributed by atoms with Crippen LogP contribution in [0.15, 0.2) is 35.1 Å². The fourth-order valence-corrected chi connectivity index (χ4v) is 6.50. The van der Waals surface area contributed by atoms with E-state index >= 15 is 0 Å². The normalized spacial score (nSPS) is 16.1. The van der Waals surface area contributed by atoms with Gasteiger partial charge in [0.1, 0.15) is 18.2 Å². The third kappa shape index (κ3) is 8.80. The number of aromatic nitrogens is 4. The molecule has 0 aliphatic carbocycles. The number of hydrogen-bond donors (Lipinski definition) is 1. The predicted molar refractivity (Wildman–Crippen MR) is 163 cm³/mol. The Hall–Kier alpha value is -2.94. The summed E-state index contributed by atoms with van der Waals surface area (Å²) in [7, 11) is -1.31. The Morgan fingerprint density at radius 2 is 1.91 bits per heavy atom. The Labute approximate surface area is 257 Å². The molecule has 1 N–H and O–H groups in total. The Morgan fingerprint density at radius 1 is 1.14 bits per heavy atom. The molecule has 1 aliphatic rings. The number of alkyl halides is 3. The number of nitrogens with one attached hydrogen (secondary N) is 1. The van der Waals surface area contributed by atoms with Gasteiger partial charge in [-0.05, 0) is 59.1 Å². The second-order valence-corrected chi connectivity index (χ2v) is 18.6. The molecule has 0 saturated heterocycles. The molecule has 0 bridgehead atoms. The molecule has 2 aromatic heterocycles. The third-order valence-corrected chi connectivity index (χ3v) is 10.1. The van der Waals surface area contributed by atoms with Gasteiger partial charge in [-0.25, -0.2) is 4.79 Å². The maximum Gasteiger partial charge on any atom is 0.389 e. The molecule has 0 radical (unpaired) electrons. The number of tetrazole rings is 1. The van der Waals surface area contributed by atoms with E-state index in [1.807, 2.05) is 19.1 Å². The van der Waals surface area contributed by atoms with Crippen molar-refractivity contribution in [3.05, 3.63) is 61.2 Å². The van der Waals surface area contributed by atoms with Gasteiger partial charge < -0.3 is 14.8 Å². The van der Waals surface area contributed by atoms with Crippen molar-refractivity contribution >= 4 is 48.2 Å². The number of nitrogens with zero attached hydrogens (tertiary/aromatic N) is 4. The highest BCUT2D eigenvalue weighted by atomic mass is 35.5. The summed E-state index contributed by atoms with van der Waals surface area (Å²) in [6.45, 7) is 9.04. The van der Waals surface area contributed by atoms with Gasteiger partial charge in [-0.2, -0.15) is 22.5 Å². The largest absolute Gasteiger partial charge is 0.494 e. The van der Waals surface area contributed by atoms with Crippen molar-refractivity contribution < 1.29 is 27.4 Å². The van der Waals surface area contributed by atoms with Crippen LogP contribution in [0.2, 0.25) is 30.7 Å². The molecule has 0 spiro atoms. The molecule has 1 aromatic carbocycles. The first-order chi connectivity index (χ1) is 20.3. The van der Waals surface area contributed by atoms with Crippen LogP contribution in [0.3, 0.4) is 0 Å². The van der Waals surface area contributed by atoms with Crippen molar-refractivity contribution in [2.24, 2.45) is 0 Å². The number of hydrogen-bond acceptors (Lipinski definition) is 7. The summed E-state index contributed by atoms with van der Waals surface area (Å²) < 4.78 is 50.5. The summed E-state index contributed by atoms with van der Waals surface area (Å²) in [6.07, 6.45) is -4.23. The van der Waals surface area contributed by atoms with Gasteiger partial charge in [-0.1, -0.05) is 44.2 Å². The second kappa shape index (κ2) is 13.8. The SMILES string of the molecule is CCc1ccc(C2=C(n3nnn(COCC[Si](C)(C)C)c3=O)C(=O)NC(c3ccc(OCCCC(F)(F)F)cc3Cl)C2)s1. The highest BCUT2D eigenvalue weighted by Gasteiger charge is 2.34. The van der Waals surface area contributed by atoms with E-state index in [1.54, 1.807) is 12.1 Å². The second-order valence-electron chi connectivity index (χ2n) is 11.4. The predicted octanol–water partition coefficient (Wildman–Crippen LogP) is 6.38. The first-order valence-electron chi connectivity index (χ1n) is 14.0. The van der Waals surface area contributed by atoms with E-state index in [0.29, 0.717) is 34.9 Å². The van der Waals surface area contributed by atoms with Gasteiger partial charge in [0, 0.05) is 47.9 Å². The Morgan fingerprint density at radius 3 is 2.56 bits per heavy atom. The molecular formula is C28H35ClF3N5O4SSi. The first-order valence-corrected chi connectivity index (χ1v) is 18.9. The monoisotopic (exact) mass is 657 g/mol. The fraction of sp³-hybridized carbons (Fsp3) is 0.500. The molecule has 9 nitrogen and oxygen atoms in total. The molecule has 43 heavy (non-hydrogen) atoms. The number of carbonyl (C=O) groups excluding carboxylic acids is 1. The van der Waals surface area contributed by atoms with Gasteiger partial charge in [-0.3, -0.25) is 4.79 Å². The topological polar surface area (TPSA) is 100 Å². The standard InChI is InChI=1S/C28H35ClF3N5O4SSi/c1-5-19-8-10-24(42-19)21-16-23(20-9-7-18(15-22(20)29)41-12-6-11-28(30,31)32)33-26(38)25(21)37-27(39)36(34-35-37)17-40-13-14-43(2,3)4/h7-10,15,23H,5-6,11-14,16-17H2,1-4H3,(H,33,38). The zero-order valence-corrected chi connectivity index (χ0v) is 27.0. The maximum atomic E-state index is 13.6. The molecule has 0 fully saturated rings. The summed E-state index contributed by atoms with van der Waals surface area (Å²) in [6, 6.07) is 9.11. The molecule has 1 aliphatic heterocycles. The van der Waals surface area contributed by atoms with Gasteiger partial charge in [0.15, 0.2) is 0 Å². The molecule has 1 atom stereocenters. The molecule has 15 heteroatoms. The summed E-state index contributed by atoms with van der Waals surface area (Å²) in [5.41, 5.74) is 0.718. The average molecular weight is 658 g/mol. The van der Waals surface area contributed by atoms with E-state index in [1.165, 1.54) is 17.4 Å². The molecule has 3 aromatic rings. The van der Waals surface area contributed by atoms with Crippen LogP contribution in [0.1, 0.15) is 47.5 Å². The van der Waals surface area contributed by atoms with Gasteiger partial charge in [0.25, 0.3) is 5.91 Å². The lowest BCUT2D eigenvalue weighted by Crippen LogP contribution is -2.39. The van der Waals surface area contributed by atoms with Gasteiger partial charge in [0.2, 0.25) is 0 Å². The minimum atomic E-state index is -4.24. The molecule has 4 rings (SSSR count). The minimum absolute atomic E-state index is 0.0740. The van der Waals surface area contributed by atoms with Crippen LogP contribution in [0.25, 0.3) is 11.3 Å². The van der Waals surface area contributed by atoms with Crippen molar-refractivity contribution in [1.82, 2.24) is 25.1 Å². The quantitative estimate of drug-likeness (QED) is 0.169. The van der Waals surface area contributed by atoms with Crippen molar-refractivity contribution in [2.75, 3.05) is 13.2 Å². The smallest absolute Gasteiger partial charge is 0.389 e. The summed E-state index contributed by atoms with van der Waals surface area (Å²) in [5, 5.41) is 11.2. The molecule has 234 valence electrons. The van der Waals surface area contributed by atoms with Gasteiger partial charge >= 0.3 is 11.9 Å². The average Bonchev–Trinajstić information content (AvgIpc) is 3.54. The van der Waals surface area contributed by atoms with Crippen LogP contribution in [-0.4, -0.2) is 53.2 Å². The van der Waals surface area contributed by atoms with E-state index in [4.69, 9.17) is 21.1 Å². The number of benzene rings is 1. The van der Waals surface area contributed by atoms with Gasteiger partial charge in [0.05, 0.1) is 12.6 Å². The highest BCUT2D eigenvalue weighted by molar-refractivity contribution is 7.13. The van der Waals surface area contributed by atoms with Crippen LogP contribution < -0.4 is 15.7 Å². The van der Waals surface area contributed by atoms with Crippen molar-refractivity contribution in [3.8, 4) is 5.75 Å². The number of aryl methyl sites for hydroxylation is 1. The third-order valence-electron chi connectivity index (χ3n) is 6.80. The van der Waals surface area contributed by atoms with Gasteiger partial charge in [-0.15, -0.1) is 11.3 Å². The zero-order chi connectivity index (χ0) is 31.4. The number of carbonyl (C=O) groups is 1. The van der Waals surface area contributed by atoms with Crippen LogP contribution in [-0.2, 0) is 22.7 Å². The van der Waals surface area contributed by atoms with Crippen LogP contribution in [0, 0.1) is 0 Å². The first kappa shape index (κ1) is 33.0. The number of thiophene rings is 1. The Bertz CT molecular complexity index is 1530. The van der Waals surface area contributed by atoms with Crippen LogP contribution in [0.5, 0.6) is 5.75 Å². The maximum absolute atomic E-state index is 13.6. The van der Waals surface area contributed by atoms with E-state index in [-0.39, 0.29) is 25.5 Å². The van der Waals surface area contributed by atoms with Crippen molar-refractivity contribution in [3.63, 3.8) is 0 Å². The summed E-state index contributed by atoms with van der Waals surface area (Å²) >= 11 is 8.10. The van der Waals surface area contributed by atoms with Crippen LogP contribution >= 0.6 is 22.9 Å². The summed E-state index contributed by atoms with van der Waals surface area (Å²) in [5.74, 6) is -0.189. The lowest BCUT2D eigenvalue weighted by Gasteiger charge is -2.28. The van der Waals surface area contributed by atoms with E-state index in [9.17, 15) is 22.8 Å². The number of rotatable bonds is 13. The highest BCUT2D eigenvalue weighted by Crippen LogP contribution is 2.40. The van der Waals surface area contributed by atoms with E-state index in [2.05, 4.69) is 35.4 Å². The number of ether oxygens (including phenoxy) is 2. The Balaban J connectivity index is 1.59. The van der Waals surface area contributed by atoms with Crippen LogP contribution in [0.4, 0.5) is 13.2 Å². The summed E-state index contributed by atoms with van der Waals surface area (Å²) in [4.78, 5) is 28.8. The minimum Gasteiger partial charge on any atom is -0.494 e. The molecule has 1 amide bonds. The number of halogens is 4. The van der Waals surface area contributed by atoms with E-state index in [0.717, 1.165) is 31.6 Å². The lowest BCUT2D eigenvalue weighted by atomic mass is 9.92. The number of amides is 1. The molecular weight excluding hydrogens is 623 g/mol. The molecule has 3 heterocycles. The van der Waals surface area contributed by atoms with Crippen molar-refractivity contribution in [2.45, 2.75) is 77.2 Å². The molecule has 1 unspecified atom stereocenters. The Kier molecular flexibility index (Phi) is 10.6. The van der Waals surface area contributed by atoms with E-state index < -0.39 is 38.3 Å². The van der Waals surface area contributed by atoms with Crippen molar-refractivity contribution in [1.29, 1.82) is 0 Å². The molecule has 0 saturated carbocycles.